The van der Waals surface area contributed by atoms with Crippen LogP contribution in [0.2, 0.25) is 0 Å². The van der Waals surface area contributed by atoms with Gasteiger partial charge in [-0.05, 0) is 40.0 Å². The van der Waals surface area contributed by atoms with Gasteiger partial charge in [0.15, 0.2) is 0 Å². The zero-order valence-electron chi connectivity index (χ0n) is 10.9. The van der Waals surface area contributed by atoms with E-state index in [2.05, 4.69) is 13.8 Å². The molecule has 2 fully saturated rings. The number of halogens is 1. The molecule has 1 aliphatic heterocycles. The Hall–Kier alpha value is 0.170. The van der Waals surface area contributed by atoms with E-state index in [0.29, 0.717) is 24.9 Å². The Morgan fingerprint density at radius 3 is 2.35 bits per heavy atom. The summed E-state index contributed by atoms with van der Waals surface area (Å²) in [7, 11) is 0. The highest BCUT2D eigenvalue weighted by Crippen LogP contribution is 2.34. The second-order valence-corrected chi connectivity index (χ2v) is 5.76. The molecule has 5 unspecified atom stereocenters. The molecule has 0 aromatic carbocycles. The van der Waals surface area contributed by atoms with E-state index in [1.54, 1.807) is 0 Å². The van der Waals surface area contributed by atoms with Crippen molar-refractivity contribution in [2.45, 2.75) is 75.9 Å². The Labute approximate surface area is 109 Å². The zero-order chi connectivity index (χ0) is 12.4. The molecule has 4 heteroatoms. The molecule has 2 aliphatic rings. The largest absolute Gasteiger partial charge is 0.375 e. The molecular weight excluding hydrogens is 240 g/mol. The van der Waals surface area contributed by atoms with Crippen LogP contribution in [0, 0.1) is 0 Å². The van der Waals surface area contributed by atoms with Gasteiger partial charge >= 0.3 is 0 Å². The predicted molar refractivity (Wildman–Crippen MR) is 67.6 cm³/mol. The highest BCUT2D eigenvalue weighted by atomic mass is 35.5. The fourth-order valence-electron chi connectivity index (χ4n) is 2.77. The Morgan fingerprint density at radius 1 is 1.18 bits per heavy atom. The first kappa shape index (κ1) is 13.6. The minimum absolute atomic E-state index is 0.0788. The Morgan fingerprint density at radius 2 is 1.82 bits per heavy atom. The average molecular weight is 263 g/mol. The van der Waals surface area contributed by atoms with Crippen molar-refractivity contribution in [3.8, 4) is 0 Å². The highest BCUT2D eigenvalue weighted by molar-refractivity contribution is 6.21. The van der Waals surface area contributed by atoms with Gasteiger partial charge in [0.25, 0.3) is 0 Å². The van der Waals surface area contributed by atoms with Crippen LogP contribution in [0.4, 0.5) is 0 Å². The van der Waals surface area contributed by atoms with Gasteiger partial charge < -0.3 is 14.2 Å². The highest BCUT2D eigenvalue weighted by Gasteiger charge is 2.43. The number of ether oxygens (including phenoxy) is 3. The van der Waals surface area contributed by atoms with Crippen LogP contribution in [-0.4, -0.2) is 42.5 Å². The molecule has 17 heavy (non-hydrogen) atoms. The maximum absolute atomic E-state index is 6.13. The summed E-state index contributed by atoms with van der Waals surface area (Å²) in [5.41, 5.74) is 0. The van der Waals surface area contributed by atoms with Crippen molar-refractivity contribution in [2.75, 3.05) is 6.61 Å². The molecule has 1 saturated heterocycles. The summed E-state index contributed by atoms with van der Waals surface area (Å²) in [5.74, 6) is 0. The van der Waals surface area contributed by atoms with Gasteiger partial charge in [0.2, 0.25) is 0 Å². The summed E-state index contributed by atoms with van der Waals surface area (Å²) in [4.78, 5) is 0. The van der Waals surface area contributed by atoms with E-state index in [1.807, 2.05) is 6.92 Å². The molecule has 0 bridgehead atoms. The lowest BCUT2D eigenvalue weighted by Crippen LogP contribution is -2.53. The van der Waals surface area contributed by atoms with Crippen molar-refractivity contribution in [1.82, 2.24) is 0 Å². The van der Waals surface area contributed by atoms with Crippen LogP contribution in [0.1, 0.15) is 40.0 Å². The molecule has 2 rings (SSSR count). The van der Waals surface area contributed by atoms with Crippen molar-refractivity contribution < 1.29 is 14.2 Å². The minimum atomic E-state index is 0.0788. The quantitative estimate of drug-likeness (QED) is 0.729. The van der Waals surface area contributed by atoms with Gasteiger partial charge in [0.05, 0.1) is 29.8 Å². The summed E-state index contributed by atoms with van der Waals surface area (Å²) < 4.78 is 17.4. The van der Waals surface area contributed by atoms with Crippen LogP contribution >= 0.6 is 11.6 Å². The van der Waals surface area contributed by atoms with E-state index < -0.39 is 0 Å². The molecule has 0 aromatic heterocycles. The van der Waals surface area contributed by atoms with E-state index in [9.17, 15) is 0 Å². The van der Waals surface area contributed by atoms with Crippen LogP contribution in [0.25, 0.3) is 0 Å². The minimum Gasteiger partial charge on any atom is -0.375 e. The second-order valence-electron chi connectivity index (χ2n) is 5.20. The van der Waals surface area contributed by atoms with Crippen LogP contribution in [-0.2, 0) is 14.2 Å². The van der Waals surface area contributed by atoms with E-state index in [0.717, 1.165) is 19.3 Å². The van der Waals surface area contributed by atoms with Crippen molar-refractivity contribution >= 4 is 11.6 Å². The molecule has 100 valence electrons. The number of rotatable bonds is 4. The lowest BCUT2D eigenvalue weighted by molar-refractivity contribution is -0.179. The standard InChI is InChI=1S/C13H23ClO3/c1-4-15-13-11(14)7-12(13)17-10-5-8(2)16-9(3)6-10/h8-13H,4-7H2,1-3H3. The average Bonchev–Trinajstić information content (AvgIpc) is 2.24. The molecule has 1 aliphatic carbocycles. The normalized spacial score (nSPS) is 46.6. The van der Waals surface area contributed by atoms with Crippen molar-refractivity contribution in [3.05, 3.63) is 0 Å². The first-order valence-electron chi connectivity index (χ1n) is 6.66. The van der Waals surface area contributed by atoms with Gasteiger partial charge in [-0.25, -0.2) is 0 Å². The second kappa shape index (κ2) is 5.87. The Bertz CT molecular complexity index is 239. The first-order valence-corrected chi connectivity index (χ1v) is 7.10. The molecule has 0 N–H and O–H groups in total. The van der Waals surface area contributed by atoms with E-state index in [1.165, 1.54) is 0 Å². The molecule has 1 saturated carbocycles. The van der Waals surface area contributed by atoms with Gasteiger partial charge in [-0.2, -0.15) is 0 Å². The lowest BCUT2D eigenvalue weighted by Gasteiger charge is -2.44. The third-order valence-corrected chi connectivity index (χ3v) is 3.99. The molecule has 3 nitrogen and oxygen atoms in total. The summed E-state index contributed by atoms with van der Waals surface area (Å²) in [5, 5.41) is 0.120. The summed E-state index contributed by atoms with van der Waals surface area (Å²) in [6.45, 7) is 6.92. The maximum Gasteiger partial charge on any atom is 0.100 e. The third-order valence-electron chi connectivity index (χ3n) is 3.56. The van der Waals surface area contributed by atoms with E-state index in [4.69, 9.17) is 25.8 Å². The van der Waals surface area contributed by atoms with E-state index in [-0.39, 0.29) is 17.6 Å². The zero-order valence-corrected chi connectivity index (χ0v) is 11.7. The molecule has 0 spiro atoms. The monoisotopic (exact) mass is 262 g/mol. The fourth-order valence-corrected chi connectivity index (χ4v) is 3.18. The van der Waals surface area contributed by atoms with Gasteiger partial charge in [-0.15, -0.1) is 11.6 Å². The number of hydrogen-bond donors (Lipinski definition) is 0. The first-order chi connectivity index (χ1) is 8.10. The molecular formula is C13H23ClO3. The fraction of sp³-hybridized carbons (Fsp3) is 1.00. The number of alkyl halides is 1. The van der Waals surface area contributed by atoms with Crippen molar-refractivity contribution in [1.29, 1.82) is 0 Å². The smallest absolute Gasteiger partial charge is 0.100 e. The van der Waals surface area contributed by atoms with Gasteiger partial charge in [-0.1, -0.05) is 0 Å². The van der Waals surface area contributed by atoms with Crippen LogP contribution in [0.3, 0.4) is 0 Å². The predicted octanol–water partition coefficient (Wildman–Crippen LogP) is 2.74. The van der Waals surface area contributed by atoms with Crippen molar-refractivity contribution in [3.63, 3.8) is 0 Å². The molecule has 5 atom stereocenters. The Kier molecular flexibility index (Phi) is 4.70. The van der Waals surface area contributed by atoms with Gasteiger partial charge in [0, 0.05) is 6.61 Å². The Balaban J connectivity index is 1.80. The van der Waals surface area contributed by atoms with Crippen molar-refractivity contribution in [2.24, 2.45) is 0 Å². The topological polar surface area (TPSA) is 27.7 Å². The van der Waals surface area contributed by atoms with E-state index >= 15 is 0 Å². The maximum atomic E-state index is 6.13. The SMILES string of the molecule is CCOC1C(Cl)CC1OC1CC(C)OC(C)C1. The summed E-state index contributed by atoms with van der Waals surface area (Å²) in [6, 6.07) is 0. The third kappa shape index (κ3) is 3.34. The molecule has 1 heterocycles. The van der Waals surface area contributed by atoms with Gasteiger partial charge in [-0.3, -0.25) is 0 Å². The molecule has 0 aromatic rings. The number of hydrogen-bond acceptors (Lipinski definition) is 3. The molecule has 0 amide bonds. The van der Waals surface area contributed by atoms with Crippen LogP contribution in [0.5, 0.6) is 0 Å². The lowest BCUT2D eigenvalue weighted by atomic mass is 9.90. The van der Waals surface area contributed by atoms with Crippen LogP contribution in [0.15, 0.2) is 0 Å². The van der Waals surface area contributed by atoms with Crippen LogP contribution < -0.4 is 0 Å². The molecule has 0 radical (unpaired) electrons. The summed E-state index contributed by atoms with van der Waals surface area (Å²) in [6.07, 6.45) is 4.01. The summed E-state index contributed by atoms with van der Waals surface area (Å²) >= 11 is 6.13. The van der Waals surface area contributed by atoms with Gasteiger partial charge in [0.1, 0.15) is 6.10 Å².